The number of carboxylic acid groups (broad SMARTS) is 1. The van der Waals surface area contributed by atoms with Crippen molar-refractivity contribution < 1.29 is 37.0 Å². The molecule has 0 fully saturated rings. The minimum absolute atomic E-state index is 0.167. The van der Waals surface area contributed by atoms with Gasteiger partial charge in [0.2, 0.25) is 6.29 Å². The normalized spacial score (nSPS) is 8.14. The van der Waals surface area contributed by atoms with Crippen molar-refractivity contribution in [2.24, 2.45) is 11.5 Å². The molecule has 0 heterocycles. The molecule has 0 saturated heterocycles. The standard InChI is InChI=1S/C2H2O3.CH4N2O.H2O4S/c3-1-2(4)5;2-1(3)4;1-5(2,3)4/h1H,(H,4,5);(H4,2,3,4);(H2,1,2,3,4). The summed E-state index contributed by atoms with van der Waals surface area (Å²) in [6.45, 7) is 0. The molecule has 0 aromatic heterocycles. The van der Waals surface area contributed by atoms with Crippen molar-refractivity contribution in [2.75, 3.05) is 0 Å². The Morgan fingerprint density at radius 3 is 1.21 bits per heavy atom. The predicted octanol–water partition coefficient (Wildman–Crippen LogP) is -2.36. The van der Waals surface area contributed by atoms with E-state index in [4.69, 9.17) is 37.0 Å². The molecule has 7 N–H and O–H groups in total. The van der Waals surface area contributed by atoms with E-state index in [9.17, 15) is 0 Å². The number of amides is 2. The summed E-state index contributed by atoms with van der Waals surface area (Å²) in [5.74, 6) is -1.43. The zero-order valence-electron chi connectivity index (χ0n) is 6.52. The van der Waals surface area contributed by atoms with Crippen LogP contribution in [0.1, 0.15) is 0 Å². The minimum Gasteiger partial charge on any atom is -0.476 e. The predicted molar refractivity (Wildman–Crippen MR) is 41.6 cm³/mol. The second-order valence-corrected chi connectivity index (χ2v) is 2.20. The fourth-order valence-corrected chi connectivity index (χ4v) is 0. The second-order valence-electron chi connectivity index (χ2n) is 1.31. The first-order valence-electron chi connectivity index (χ1n) is 2.43. The fourth-order valence-electron chi connectivity index (χ4n) is 0. The molecule has 0 aliphatic heterocycles. The van der Waals surface area contributed by atoms with Gasteiger partial charge in [0.1, 0.15) is 0 Å². The maximum atomic E-state index is 9.00. The molecule has 0 spiro atoms. The Kier molecular flexibility index (Phi) is 12.1. The molecule has 0 unspecified atom stereocenters. The van der Waals surface area contributed by atoms with Gasteiger partial charge in [0.15, 0.2) is 0 Å². The molecule has 0 bridgehead atoms. The molecular weight excluding hydrogens is 224 g/mol. The summed E-state index contributed by atoms with van der Waals surface area (Å²) in [7, 11) is -4.67. The molecule has 0 aliphatic rings. The van der Waals surface area contributed by atoms with Gasteiger partial charge in [-0.15, -0.1) is 0 Å². The summed E-state index contributed by atoms with van der Waals surface area (Å²) >= 11 is 0. The Labute approximate surface area is 78.1 Å². The van der Waals surface area contributed by atoms with Crippen molar-refractivity contribution in [2.45, 2.75) is 0 Å². The van der Waals surface area contributed by atoms with Gasteiger partial charge in [0.25, 0.3) is 0 Å². The molecule has 0 aromatic rings. The Morgan fingerprint density at radius 1 is 1.14 bits per heavy atom. The van der Waals surface area contributed by atoms with Crippen LogP contribution in [0.2, 0.25) is 0 Å². The van der Waals surface area contributed by atoms with Crippen LogP contribution in [0.3, 0.4) is 0 Å². The van der Waals surface area contributed by atoms with Gasteiger partial charge < -0.3 is 16.6 Å². The van der Waals surface area contributed by atoms with E-state index in [-0.39, 0.29) is 6.29 Å². The van der Waals surface area contributed by atoms with Crippen molar-refractivity contribution in [1.29, 1.82) is 0 Å². The van der Waals surface area contributed by atoms with Gasteiger partial charge >= 0.3 is 22.4 Å². The van der Waals surface area contributed by atoms with Gasteiger partial charge in [0, 0.05) is 0 Å². The highest BCUT2D eigenvalue weighted by molar-refractivity contribution is 7.79. The zero-order chi connectivity index (χ0) is 12.4. The number of carbonyl (C=O) groups is 3. The van der Waals surface area contributed by atoms with Crippen LogP contribution in [-0.2, 0) is 20.0 Å². The number of aldehydes is 1. The average molecular weight is 232 g/mol. The molecular formula is C3H8N2O8S. The number of urea groups is 1. The van der Waals surface area contributed by atoms with Gasteiger partial charge in [-0.05, 0) is 0 Å². The summed E-state index contributed by atoms with van der Waals surface area (Å²) < 4.78 is 31.6. The van der Waals surface area contributed by atoms with Crippen molar-refractivity contribution >= 4 is 28.7 Å². The van der Waals surface area contributed by atoms with E-state index in [1.807, 2.05) is 0 Å². The number of nitrogens with two attached hydrogens (primary N) is 2. The summed E-state index contributed by atoms with van der Waals surface area (Å²) in [6, 6.07) is -0.833. The van der Waals surface area contributed by atoms with E-state index in [2.05, 4.69) is 11.5 Å². The molecule has 10 nitrogen and oxygen atoms in total. The van der Waals surface area contributed by atoms with Crippen molar-refractivity contribution in [1.82, 2.24) is 0 Å². The summed E-state index contributed by atoms with van der Waals surface area (Å²) in [5, 5.41) is 7.35. The number of carbonyl (C=O) groups excluding carboxylic acids is 2. The molecule has 0 radical (unpaired) electrons. The Balaban J connectivity index is -0.000000131. The van der Waals surface area contributed by atoms with Crippen molar-refractivity contribution in [3.8, 4) is 0 Å². The maximum Gasteiger partial charge on any atom is 0.394 e. The number of rotatable bonds is 1. The molecule has 2 amide bonds. The number of aliphatic carboxylic acids is 1. The van der Waals surface area contributed by atoms with Gasteiger partial charge in [-0.1, -0.05) is 0 Å². The van der Waals surface area contributed by atoms with E-state index in [0.29, 0.717) is 0 Å². The van der Waals surface area contributed by atoms with E-state index in [0.717, 1.165) is 0 Å². The molecule has 0 aromatic carbocycles. The lowest BCUT2D eigenvalue weighted by Crippen LogP contribution is -2.18. The molecule has 0 aliphatic carbocycles. The lowest BCUT2D eigenvalue weighted by atomic mass is 10.8. The Morgan fingerprint density at radius 2 is 1.21 bits per heavy atom. The average Bonchev–Trinajstić information content (AvgIpc) is 1.82. The third-order valence-corrected chi connectivity index (χ3v) is 0.101. The summed E-state index contributed by atoms with van der Waals surface area (Å²) in [5.41, 5.74) is 8.50. The number of carboxylic acids is 1. The maximum absolute atomic E-state index is 9.00. The third kappa shape index (κ3) is 11300. The third-order valence-electron chi connectivity index (χ3n) is 0.101. The molecule has 0 rings (SSSR count). The lowest BCUT2D eigenvalue weighted by Gasteiger charge is -1.68. The topological polar surface area (TPSA) is 198 Å². The first-order valence-corrected chi connectivity index (χ1v) is 3.83. The second kappa shape index (κ2) is 9.37. The van der Waals surface area contributed by atoms with Crippen molar-refractivity contribution in [3.05, 3.63) is 0 Å². The van der Waals surface area contributed by atoms with Crippen LogP contribution >= 0.6 is 0 Å². The van der Waals surface area contributed by atoms with Crippen LogP contribution in [0.5, 0.6) is 0 Å². The van der Waals surface area contributed by atoms with Crippen LogP contribution in [0.25, 0.3) is 0 Å². The minimum atomic E-state index is -4.67. The van der Waals surface area contributed by atoms with Gasteiger partial charge in [-0.25, -0.2) is 9.59 Å². The molecule has 14 heavy (non-hydrogen) atoms. The van der Waals surface area contributed by atoms with Gasteiger partial charge in [-0.2, -0.15) is 8.42 Å². The van der Waals surface area contributed by atoms with E-state index >= 15 is 0 Å². The van der Waals surface area contributed by atoms with Crippen LogP contribution in [0.4, 0.5) is 4.79 Å². The number of hydrogen-bond acceptors (Lipinski definition) is 5. The first kappa shape index (κ1) is 18.1. The lowest BCUT2D eigenvalue weighted by molar-refractivity contribution is -0.143. The Bertz CT molecular complexity index is 269. The fraction of sp³-hybridized carbons (Fsp3) is 0. The van der Waals surface area contributed by atoms with Crippen LogP contribution in [0, 0.1) is 0 Å². The van der Waals surface area contributed by atoms with Gasteiger partial charge in [-0.3, -0.25) is 13.9 Å². The van der Waals surface area contributed by atoms with E-state index in [1.54, 1.807) is 0 Å². The molecule has 0 saturated carbocycles. The van der Waals surface area contributed by atoms with E-state index < -0.39 is 22.4 Å². The number of primary amides is 2. The van der Waals surface area contributed by atoms with Crippen LogP contribution in [-0.4, -0.2) is 40.9 Å². The highest BCUT2D eigenvalue weighted by atomic mass is 32.3. The summed E-state index contributed by atoms with van der Waals surface area (Å²) in [6.07, 6.45) is -0.167. The zero-order valence-corrected chi connectivity index (χ0v) is 7.34. The monoisotopic (exact) mass is 232 g/mol. The first-order chi connectivity index (χ1) is 6.00. The van der Waals surface area contributed by atoms with Crippen molar-refractivity contribution in [3.63, 3.8) is 0 Å². The summed E-state index contributed by atoms with van der Waals surface area (Å²) in [4.78, 5) is 26.9. The highest BCUT2D eigenvalue weighted by Gasteiger charge is 1.84. The molecule has 84 valence electrons. The molecule has 11 heteroatoms. The van der Waals surface area contributed by atoms with Crippen LogP contribution in [0.15, 0.2) is 0 Å². The quantitative estimate of drug-likeness (QED) is 0.188. The van der Waals surface area contributed by atoms with Crippen LogP contribution < -0.4 is 11.5 Å². The SMILES string of the molecule is NC(N)=O.O=CC(=O)O.O=S(=O)(O)O. The van der Waals surface area contributed by atoms with E-state index in [1.165, 1.54) is 0 Å². The molecule has 0 atom stereocenters. The smallest absolute Gasteiger partial charge is 0.394 e. The largest absolute Gasteiger partial charge is 0.476 e. The Hall–Kier alpha value is -1.72. The van der Waals surface area contributed by atoms with Gasteiger partial charge in [0.05, 0.1) is 0 Å². The highest BCUT2D eigenvalue weighted by Crippen LogP contribution is 1.59. The number of hydrogen-bond donors (Lipinski definition) is 5.